The summed E-state index contributed by atoms with van der Waals surface area (Å²) in [4.78, 5) is 21.2. The summed E-state index contributed by atoms with van der Waals surface area (Å²) in [7, 11) is 0. The number of aryl methyl sites for hydroxylation is 2. The minimum Gasteiger partial charge on any atom is -0.427 e. The lowest BCUT2D eigenvalue weighted by atomic mass is 10.1. The van der Waals surface area contributed by atoms with Crippen LogP contribution in [-0.2, 0) is 0 Å². The van der Waals surface area contributed by atoms with Crippen molar-refractivity contribution in [3.05, 3.63) is 88.4 Å². The summed E-state index contributed by atoms with van der Waals surface area (Å²) in [6, 6.07) is 14.4. The van der Waals surface area contributed by atoms with Gasteiger partial charge in [0.25, 0.3) is 5.89 Å². The van der Waals surface area contributed by atoms with Crippen molar-refractivity contribution in [2.24, 2.45) is 0 Å². The van der Waals surface area contributed by atoms with Crippen molar-refractivity contribution in [2.75, 3.05) is 17.2 Å². The number of rotatable bonds is 7. The van der Waals surface area contributed by atoms with Crippen LogP contribution in [0.1, 0.15) is 22.9 Å². The van der Waals surface area contributed by atoms with Crippen LogP contribution in [-0.4, -0.2) is 31.9 Å². The molecule has 0 amide bonds. The van der Waals surface area contributed by atoms with Crippen LogP contribution in [0.25, 0.3) is 22.2 Å². The Morgan fingerprint density at radius 1 is 1.09 bits per heavy atom. The average molecular weight is 470 g/mol. The molecule has 0 spiro atoms. The highest BCUT2D eigenvalue weighted by molar-refractivity contribution is 5.88. The fourth-order valence-electron chi connectivity index (χ4n) is 3.78. The minimum atomic E-state index is -0.425. The Bertz CT molecular complexity index is 1530. The number of hydrogen-bond acceptors (Lipinski definition) is 10. The fraction of sp³-hybridized carbons (Fsp3) is 0.160. The molecule has 0 saturated carbocycles. The highest BCUT2D eigenvalue weighted by Gasteiger charge is 2.19. The third kappa shape index (κ3) is 4.46. The van der Waals surface area contributed by atoms with Gasteiger partial charge >= 0.3 is 5.63 Å². The van der Waals surface area contributed by atoms with Gasteiger partial charge in [0.1, 0.15) is 11.6 Å². The lowest BCUT2D eigenvalue weighted by Crippen LogP contribution is -2.17. The zero-order valence-electron chi connectivity index (χ0n) is 19.0. The largest absolute Gasteiger partial charge is 0.427 e. The molecule has 10 heteroatoms. The van der Waals surface area contributed by atoms with Crippen LogP contribution in [0.5, 0.6) is 0 Å². The van der Waals surface area contributed by atoms with Gasteiger partial charge < -0.3 is 24.6 Å². The molecule has 10 nitrogen and oxygen atoms in total. The smallest absolute Gasteiger partial charge is 0.343 e. The molecule has 3 N–H and O–H groups in total. The Morgan fingerprint density at radius 2 is 1.91 bits per heavy atom. The summed E-state index contributed by atoms with van der Waals surface area (Å²) >= 11 is 0. The first-order valence-electron chi connectivity index (χ1n) is 10.9. The monoisotopic (exact) mass is 470 g/mol. The van der Waals surface area contributed by atoms with Gasteiger partial charge in [-0.15, -0.1) is 10.2 Å². The number of aromatic nitrogens is 4. The molecule has 35 heavy (non-hydrogen) atoms. The zero-order valence-corrected chi connectivity index (χ0v) is 19.0. The molecular weight excluding hydrogens is 448 g/mol. The lowest BCUT2D eigenvalue weighted by molar-refractivity contribution is 0.276. The summed E-state index contributed by atoms with van der Waals surface area (Å²) < 4.78 is 10.6. The van der Waals surface area contributed by atoms with Gasteiger partial charge in [0.05, 0.1) is 23.6 Å². The number of aliphatic hydroxyl groups is 1. The molecule has 0 saturated heterocycles. The predicted molar refractivity (Wildman–Crippen MR) is 130 cm³/mol. The highest BCUT2D eigenvalue weighted by Crippen LogP contribution is 2.30. The Morgan fingerprint density at radius 3 is 2.66 bits per heavy atom. The first-order chi connectivity index (χ1) is 17.0. The van der Waals surface area contributed by atoms with Gasteiger partial charge in [-0.25, -0.2) is 9.78 Å². The number of nitrogens with one attached hydrogen (secondary N) is 2. The third-order valence-electron chi connectivity index (χ3n) is 5.75. The summed E-state index contributed by atoms with van der Waals surface area (Å²) in [5.74, 6) is 1.52. The quantitative estimate of drug-likeness (QED) is 0.318. The fourth-order valence-corrected chi connectivity index (χ4v) is 3.78. The van der Waals surface area contributed by atoms with Crippen molar-refractivity contribution >= 4 is 28.2 Å². The molecule has 3 aromatic heterocycles. The van der Waals surface area contributed by atoms with E-state index in [9.17, 15) is 9.90 Å². The van der Waals surface area contributed by atoms with Gasteiger partial charge in [0.2, 0.25) is 12.3 Å². The van der Waals surface area contributed by atoms with Crippen molar-refractivity contribution in [1.82, 2.24) is 20.2 Å². The SMILES string of the molecule is Cc1oc(=O)c2ccc(Nc3ncc(-c4nnco4)c(N[C@H](CO)c4ccccc4)n3)cc2c1C. The lowest BCUT2D eigenvalue weighted by Gasteiger charge is -2.19. The first kappa shape index (κ1) is 22.2. The van der Waals surface area contributed by atoms with E-state index in [0.29, 0.717) is 34.2 Å². The average Bonchev–Trinajstić information content (AvgIpc) is 3.41. The topological polar surface area (TPSA) is 139 Å². The van der Waals surface area contributed by atoms with E-state index >= 15 is 0 Å². The van der Waals surface area contributed by atoms with Crippen LogP contribution < -0.4 is 16.3 Å². The van der Waals surface area contributed by atoms with Gasteiger partial charge in [-0.3, -0.25) is 0 Å². The van der Waals surface area contributed by atoms with E-state index in [-0.39, 0.29) is 18.1 Å². The third-order valence-corrected chi connectivity index (χ3v) is 5.75. The molecular formula is C25H22N6O4. The molecule has 1 atom stereocenters. The van der Waals surface area contributed by atoms with Gasteiger partial charge in [-0.2, -0.15) is 4.98 Å². The van der Waals surface area contributed by atoms with Gasteiger partial charge in [0.15, 0.2) is 0 Å². The van der Waals surface area contributed by atoms with Crippen molar-refractivity contribution in [3.8, 4) is 11.5 Å². The number of hydrogen-bond donors (Lipinski definition) is 3. The maximum atomic E-state index is 12.2. The molecule has 5 aromatic rings. The van der Waals surface area contributed by atoms with E-state index < -0.39 is 6.04 Å². The number of nitrogens with zero attached hydrogens (tertiary/aromatic N) is 4. The van der Waals surface area contributed by atoms with E-state index in [4.69, 9.17) is 8.83 Å². The number of benzene rings is 2. The highest BCUT2D eigenvalue weighted by atomic mass is 16.4. The molecule has 0 unspecified atom stereocenters. The minimum absolute atomic E-state index is 0.161. The molecule has 0 radical (unpaired) electrons. The Kier molecular flexibility index (Phi) is 5.94. The van der Waals surface area contributed by atoms with Crippen LogP contribution in [0.4, 0.5) is 17.5 Å². The Balaban J connectivity index is 1.52. The molecule has 5 rings (SSSR count). The summed E-state index contributed by atoms with van der Waals surface area (Å²) in [5, 5.41) is 25.5. The van der Waals surface area contributed by atoms with Crippen molar-refractivity contribution in [2.45, 2.75) is 19.9 Å². The second kappa shape index (κ2) is 9.35. The van der Waals surface area contributed by atoms with Crippen LogP contribution in [0.2, 0.25) is 0 Å². The summed E-state index contributed by atoms with van der Waals surface area (Å²) in [6.45, 7) is 3.50. The molecule has 0 aliphatic rings. The van der Waals surface area contributed by atoms with Crippen LogP contribution in [0.3, 0.4) is 0 Å². The van der Waals surface area contributed by atoms with E-state index in [1.54, 1.807) is 25.3 Å². The Hall–Kier alpha value is -4.57. The maximum Gasteiger partial charge on any atom is 0.343 e. The number of aliphatic hydroxyl groups excluding tert-OH is 1. The summed E-state index contributed by atoms with van der Waals surface area (Å²) in [6.07, 6.45) is 2.79. The summed E-state index contributed by atoms with van der Waals surface area (Å²) in [5.41, 5.74) is 2.58. The Labute approximate surface area is 199 Å². The van der Waals surface area contributed by atoms with Crippen molar-refractivity contribution in [1.29, 1.82) is 0 Å². The van der Waals surface area contributed by atoms with E-state index in [1.807, 2.05) is 43.3 Å². The van der Waals surface area contributed by atoms with Crippen LogP contribution in [0, 0.1) is 13.8 Å². The van der Waals surface area contributed by atoms with Crippen molar-refractivity contribution < 1.29 is 13.9 Å². The van der Waals surface area contributed by atoms with Crippen molar-refractivity contribution in [3.63, 3.8) is 0 Å². The molecule has 3 heterocycles. The van der Waals surface area contributed by atoms with Crippen LogP contribution in [0.15, 0.2) is 74.8 Å². The zero-order chi connectivity index (χ0) is 24.4. The maximum absolute atomic E-state index is 12.2. The van der Waals surface area contributed by atoms with Gasteiger partial charge in [-0.1, -0.05) is 30.3 Å². The second-order valence-electron chi connectivity index (χ2n) is 7.95. The normalized spacial score (nSPS) is 12.0. The first-order valence-corrected chi connectivity index (χ1v) is 10.9. The molecule has 0 fully saturated rings. The molecule has 176 valence electrons. The number of fused-ring (bicyclic) bond motifs is 1. The van der Waals surface area contributed by atoms with E-state index in [0.717, 1.165) is 16.5 Å². The van der Waals surface area contributed by atoms with E-state index in [1.165, 1.54) is 6.39 Å². The van der Waals surface area contributed by atoms with Gasteiger partial charge in [0, 0.05) is 11.9 Å². The molecule has 2 aromatic carbocycles. The van der Waals surface area contributed by atoms with Gasteiger partial charge in [-0.05, 0) is 48.6 Å². The number of anilines is 3. The van der Waals surface area contributed by atoms with Crippen LogP contribution >= 0.6 is 0 Å². The molecule has 0 aliphatic heterocycles. The predicted octanol–water partition coefficient (Wildman–Crippen LogP) is 4.14. The molecule has 0 bridgehead atoms. The standard InChI is InChI=1S/C25H22N6O4/c1-14-15(2)35-24(33)18-9-8-17(10-19(14)18)28-25-26-11-20(23-31-27-13-34-23)22(30-25)29-21(12-32)16-6-4-3-5-7-16/h3-11,13,21,32H,12H2,1-2H3,(H2,26,28,29,30)/t21-/m1/s1. The second-order valence-corrected chi connectivity index (χ2v) is 7.95. The molecule has 0 aliphatic carbocycles. The van der Waals surface area contributed by atoms with E-state index in [2.05, 4.69) is 30.8 Å².